The molecule has 2 aliphatic rings. The van der Waals surface area contributed by atoms with Gasteiger partial charge in [0.25, 0.3) is 0 Å². The highest BCUT2D eigenvalue weighted by Gasteiger charge is 2.35. The highest BCUT2D eigenvalue weighted by molar-refractivity contribution is 7.89. The molecule has 0 saturated carbocycles. The zero-order chi connectivity index (χ0) is 21.5. The summed E-state index contributed by atoms with van der Waals surface area (Å²) in [6.07, 6.45) is 0.337. The van der Waals surface area contributed by atoms with E-state index in [0.29, 0.717) is 38.3 Å². The second-order valence-corrected chi connectivity index (χ2v) is 10.3. The molecule has 2 aliphatic heterocycles. The molecular weight excluding hydrogens is 402 g/mol. The minimum Gasteiger partial charge on any atom is -0.497 e. The molecule has 0 atom stereocenters. The van der Waals surface area contributed by atoms with Crippen molar-refractivity contribution in [3.63, 3.8) is 0 Å². The maximum atomic E-state index is 13.3. The van der Waals surface area contributed by atoms with E-state index in [9.17, 15) is 13.2 Å². The number of nitrogens with one attached hydrogen (secondary N) is 1. The molecule has 1 saturated heterocycles. The smallest absolute Gasteiger partial charge is 0.243 e. The van der Waals surface area contributed by atoms with E-state index in [1.807, 2.05) is 38.1 Å². The van der Waals surface area contributed by atoms with Crippen LogP contribution in [0.4, 0.5) is 11.4 Å². The van der Waals surface area contributed by atoms with Crippen molar-refractivity contribution in [2.75, 3.05) is 43.5 Å². The van der Waals surface area contributed by atoms with Crippen molar-refractivity contribution in [1.82, 2.24) is 4.31 Å². The van der Waals surface area contributed by atoms with Crippen LogP contribution in [0.15, 0.2) is 47.4 Å². The molecule has 1 fully saturated rings. The lowest BCUT2D eigenvalue weighted by Gasteiger charge is -2.36. The largest absolute Gasteiger partial charge is 0.497 e. The van der Waals surface area contributed by atoms with Crippen molar-refractivity contribution in [3.8, 4) is 5.75 Å². The highest BCUT2D eigenvalue weighted by atomic mass is 32.2. The lowest BCUT2D eigenvalue weighted by molar-refractivity contribution is -0.117. The van der Waals surface area contributed by atoms with Gasteiger partial charge < -0.3 is 15.0 Å². The number of anilines is 2. The maximum absolute atomic E-state index is 13.3. The van der Waals surface area contributed by atoms with Crippen molar-refractivity contribution in [3.05, 3.63) is 48.0 Å². The number of rotatable bonds is 4. The quantitative estimate of drug-likeness (QED) is 0.809. The first-order valence-corrected chi connectivity index (χ1v) is 11.5. The number of amides is 1. The Labute approximate surface area is 177 Å². The van der Waals surface area contributed by atoms with Gasteiger partial charge in [0.15, 0.2) is 0 Å². The molecule has 0 aliphatic carbocycles. The molecule has 0 aromatic heterocycles. The summed E-state index contributed by atoms with van der Waals surface area (Å²) in [5, 5.41) is 2.84. The van der Waals surface area contributed by atoms with Crippen LogP contribution in [0.3, 0.4) is 0 Å². The Kier molecular flexibility index (Phi) is 5.23. The minimum absolute atomic E-state index is 0.0437. The Morgan fingerprint density at radius 3 is 2.30 bits per heavy atom. The summed E-state index contributed by atoms with van der Waals surface area (Å²) >= 11 is 0. The van der Waals surface area contributed by atoms with Crippen LogP contribution in [0.25, 0.3) is 0 Å². The van der Waals surface area contributed by atoms with Crippen LogP contribution in [0.2, 0.25) is 0 Å². The number of hydrogen-bond donors (Lipinski definition) is 1. The zero-order valence-electron chi connectivity index (χ0n) is 17.5. The van der Waals surface area contributed by atoms with E-state index in [2.05, 4.69) is 10.2 Å². The topological polar surface area (TPSA) is 79.0 Å². The maximum Gasteiger partial charge on any atom is 0.243 e. The van der Waals surface area contributed by atoms with Crippen molar-refractivity contribution in [2.24, 2.45) is 0 Å². The SMILES string of the molecule is COc1ccc(N2CCN(S(=O)(=O)c3ccc4c(c3)C(C)(C)CC(=O)N4)CC2)cc1. The van der Waals surface area contributed by atoms with Crippen molar-refractivity contribution >= 4 is 27.3 Å². The van der Waals surface area contributed by atoms with Gasteiger partial charge in [-0.1, -0.05) is 13.8 Å². The molecule has 0 spiro atoms. The summed E-state index contributed by atoms with van der Waals surface area (Å²) in [6.45, 7) is 6.02. The first kappa shape index (κ1) is 20.7. The van der Waals surface area contributed by atoms with Gasteiger partial charge in [-0.2, -0.15) is 4.31 Å². The number of piperazine rings is 1. The third kappa shape index (κ3) is 3.77. The number of carbonyl (C=O) groups excluding carboxylic acids is 1. The molecule has 0 radical (unpaired) electrons. The number of methoxy groups -OCH3 is 1. The fourth-order valence-electron chi connectivity index (χ4n) is 4.17. The molecule has 0 bridgehead atoms. The van der Waals surface area contributed by atoms with Crippen LogP contribution >= 0.6 is 0 Å². The van der Waals surface area contributed by atoms with Gasteiger partial charge in [-0.15, -0.1) is 0 Å². The van der Waals surface area contributed by atoms with Gasteiger partial charge in [-0.25, -0.2) is 8.42 Å². The third-order valence-corrected chi connectivity index (χ3v) is 7.81. The molecule has 1 N–H and O–H groups in total. The predicted octanol–water partition coefficient (Wildman–Crippen LogP) is 2.83. The molecule has 1 amide bonds. The molecule has 2 aromatic rings. The molecule has 7 nitrogen and oxygen atoms in total. The zero-order valence-corrected chi connectivity index (χ0v) is 18.3. The van der Waals surface area contributed by atoms with Gasteiger partial charge in [0.1, 0.15) is 5.75 Å². The summed E-state index contributed by atoms with van der Waals surface area (Å²) in [4.78, 5) is 14.4. The number of fused-ring (bicyclic) bond motifs is 1. The number of benzene rings is 2. The summed E-state index contributed by atoms with van der Waals surface area (Å²) in [5.41, 5.74) is 2.20. The second kappa shape index (κ2) is 7.59. The second-order valence-electron chi connectivity index (χ2n) is 8.41. The fourth-order valence-corrected chi connectivity index (χ4v) is 5.62. The molecule has 8 heteroatoms. The van der Waals surface area contributed by atoms with Crippen LogP contribution in [0.1, 0.15) is 25.8 Å². The average molecular weight is 430 g/mol. The van der Waals surface area contributed by atoms with E-state index >= 15 is 0 Å². The van der Waals surface area contributed by atoms with Gasteiger partial charge in [0.2, 0.25) is 15.9 Å². The molecule has 160 valence electrons. The summed E-state index contributed by atoms with van der Waals surface area (Å²) < 4.78 is 33.3. The van der Waals surface area contributed by atoms with Crippen molar-refractivity contribution in [2.45, 2.75) is 30.6 Å². The molecule has 2 heterocycles. The number of ether oxygens (including phenoxy) is 1. The monoisotopic (exact) mass is 429 g/mol. The Bertz CT molecular complexity index is 1060. The van der Waals surface area contributed by atoms with Crippen LogP contribution < -0.4 is 15.0 Å². The van der Waals surface area contributed by atoms with E-state index in [1.54, 1.807) is 29.6 Å². The first-order chi connectivity index (χ1) is 14.2. The average Bonchev–Trinajstić information content (AvgIpc) is 2.73. The molecular formula is C22H27N3O4S. The molecule has 4 rings (SSSR count). The third-order valence-electron chi connectivity index (χ3n) is 5.91. The van der Waals surface area contributed by atoms with Crippen LogP contribution in [-0.2, 0) is 20.2 Å². The Morgan fingerprint density at radius 2 is 1.67 bits per heavy atom. The number of carbonyl (C=O) groups is 1. The molecule has 2 aromatic carbocycles. The first-order valence-electron chi connectivity index (χ1n) is 10.0. The van der Waals surface area contributed by atoms with Crippen LogP contribution in [-0.4, -0.2) is 51.9 Å². The Balaban J connectivity index is 1.52. The number of nitrogens with zero attached hydrogens (tertiary/aromatic N) is 2. The minimum atomic E-state index is -3.60. The predicted molar refractivity (Wildman–Crippen MR) is 117 cm³/mol. The lowest BCUT2D eigenvalue weighted by Crippen LogP contribution is -2.48. The number of hydrogen-bond acceptors (Lipinski definition) is 5. The van der Waals surface area contributed by atoms with Gasteiger partial charge in [-0.3, -0.25) is 4.79 Å². The standard InChI is InChI=1S/C22H27N3O4S/c1-22(2)15-21(26)23-20-9-8-18(14-19(20)22)30(27,28)25-12-10-24(11-13-25)16-4-6-17(29-3)7-5-16/h4-9,14H,10-13,15H2,1-3H3,(H,23,26). The Morgan fingerprint density at radius 1 is 1.00 bits per heavy atom. The van der Waals surface area contributed by atoms with Crippen LogP contribution in [0.5, 0.6) is 5.75 Å². The lowest BCUT2D eigenvalue weighted by atomic mass is 9.78. The Hall–Kier alpha value is -2.58. The molecule has 30 heavy (non-hydrogen) atoms. The van der Waals surface area contributed by atoms with Crippen molar-refractivity contribution < 1.29 is 17.9 Å². The van der Waals surface area contributed by atoms with Crippen molar-refractivity contribution in [1.29, 1.82) is 0 Å². The van der Waals surface area contributed by atoms with Crippen LogP contribution in [0, 0.1) is 0 Å². The summed E-state index contributed by atoms with van der Waals surface area (Å²) in [7, 11) is -1.97. The summed E-state index contributed by atoms with van der Waals surface area (Å²) in [6, 6.07) is 12.8. The fraction of sp³-hybridized carbons (Fsp3) is 0.409. The number of sulfonamides is 1. The normalized spacial score (nSPS) is 19.2. The van der Waals surface area contributed by atoms with Gasteiger partial charge in [0.05, 0.1) is 12.0 Å². The van der Waals surface area contributed by atoms with E-state index in [4.69, 9.17) is 4.74 Å². The van der Waals surface area contributed by atoms with Gasteiger partial charge >= 0.3 is 0 Å². The van der Waals surface area contributed by atoms with Gasteiger partial charge in [0, 0.05) is 49.4 Å². The van der Waals surface area contributed by atoms with E-state index in [-0.39, 0.29) is 10.8 Å². The summed E-state index contributed by atoms with van der Waals surface area (Å²) in [5.74, 6) is 0.754. The molecule has 0 unspecified atom stereocenters. The van der Waals surface area contributed by atoms with Gasteiger partial charge in [-0.05, 0) is 48.0 Å². The van der Waals surface area contributed by atoms with E-state index in [1.165, 1.54) is 0 Å². The highest BCUT2D eigenvalue weighted by Crippen LogP contribution is 2.38. The van der Waals surface area contributed by atoms with E-state index in [0.717, 1.165) is 17.0 Å². The van der Waals surface area contributed by atoms with E-state index < -0.39 is 15.4 Å².